The number of hydrogen-bond donors (Lipinski definition) is 1. The standard InChI is InChI=1S/C14H28O/c1-10(2)14(6,15)12-11(3)8-7-9-13(12,4)5/h10-12,15H,7-9H2,1-6H3. The molecule has 1 N–H and O–H groups in total. The summed E-state index contributed by atoms with van der Waals surface area (Å²) in [5.74, 6) is 1.41. The van der Waals surface area contributed by atoms with Gasteiger partial charge in [-0.3, -0.25) is 0 Å². The van der Waals surface area contributed by atoms with E-state index in [4.69, 9.17) is 0 Å². The van der Waals surface area contributed by atoms with Crippen LogP contribution in [0.4, 0.5) is 0 Å². The van der Waals surface area contributed by atoms with Gasteiger partial charge in [0.15, 0.2) is 0 Å². The number of hydrogen-bond acceptors (Lipinski definition) is 1. The minimum atomic E-state index is -0.524. The zero-order chi connectivity index (χ0) is 11.9. The third kappa shape index (κ3) is 2.38. The Morgan fingerprint density at radius 1 is 1.33 bits per heavy atom. The first kappa shape index (κ1) is 13.0. The van der Waals surface area contributed by atoms with E-state index >= 15 is 0 Å². The Balaban J connectivity index is 2.97. The van der Waals surface area contributed by atoms with Crippen molar-refractivity contribution in [3.05, 3.63) is 0 Å². The molecule has 0 spiro atoms. The van der Waals surface area contributed by atoms with E-state index in [1.165, 1.54) is 19.3 Å². The van der Waals surface area contributed by atoms with Crippen LogP contribution in [-0.4, -0.2) is 10.7 Å². The van der Waals surface area contributed by atoms with Crippen LogP contribution < -0.4 is 0 Å². The lowest BCUT2D eigenvalue weighted by atomic mass is 9.56. The lowest BCUT2D eigenvalue weighted by molar-refractivity contribution is -0.123. The molecule has 0 aromatic heterocycles. The third-order valence-electron chi connectivity index (χ3n) is 4.69. The largest absolute Gasteiger partial charge is 0.390 e. The maximum Gasteiger partial charge on any atom is 0.0678 e. The van der Waals surface area contributed by atoms with Crippen LogP contribution in [0.1, 0.15) is 60.8 Å². The van der Waals surface area contributed by atoms with E-state index in [1.54, 1.807) is 0 Å². The van der Waals surface area contributed by atoms with Crippen LogP contribution in [0.2, 0.25) is 0 Å². The van der Waals surface area contributed by atoms with Gasteiger partial charge in [-0.05, 0) is 36.5 Å². The molecule has 0 amide bonds. The zero-order valence-electron chi connectivity index (χ0n) is 11.3. The highest BCUT2D eigenvalue weighted by atomic mass is 16.3. The van der Waals surface area contributed by atoms with E-state index in [0.29, 0.717) is 17.8 Å². The predicted molar refractivity (Wildman–Crippen MR) is 65.7 cm³/mol. The highest BCUT2D eigenvalue weighted by molar-refractivity contribution is 4.98. The van der Waals surface area contributed by atoms with E-state index in [2.05, 4.69) is 34.6 Å². The fourth-order valence-corrected chi connectivity index (χ4v) is 3.70. The number of rotatable bonds is 2. The van der Waals surface area contributed by atoms with Gasteiger partial charge in [0.1, 0.15) is 0 Å². The molecule has 3 unspecified atom stereocenters. The topological polar surface area (TPSA) is 20.2 Å². The van der Waals surface area contributed by atoms with Crippen LogP contribution in [0.15, 0.2) is 0 Å². The molecule has 90 valence electrons. The summed E-state index contributed by atoms with van der Waals surface area (Å²) in [6.45, 7) is 13.3. The van der Waals surface area contributed by atoms with Gasteiger partial charge in [-0.1, -0.05) is 47.5 Å². The first-order valence-corrected chi connectivity index (χ1v) is 6.42. The quantitative estimate of drug-likeness (QED) is 0.737. The molecule has 0 bridgehead atoms. The summed E-state index contributed by atoms with van der Waals surface area (Å²) in [6.07, 6.45) is 3.85. The maximum absolute atomic E-state index is 10.7. The molecule has 0 aromatic rings. The molecule has 0 radical (unpaired) electrons. The molecule has 15 heavy (non-hydrogen) atoms. The number of aliphatic hydroxyl groups is 1. The van der Waals surface area contributed by atoms with E-state index in [9.17, 15) is 5.11 Å². The van der Waals surface area contributed by atoms with Crippen molar-refractivity contribution in [1.82, 2.24) is 0 Å². The Labute approximate surface area is 95.3 Å². The van der Waals surface area contributed by atoms with Gasteiger partial charge in [-0.15, -0.1) is 0 Å². The van der Waals surface area contributed by atoms with Crippen LogP contribution in [0.5, 0.6) is 0 Å². The molecule has 1 heteroatoms. The first-order valence-electron chi connectivity index (χ1n) is 6.42. The Hall–Kier alpha value is -0.0400. The molecule has 1 rings (SSSR count). The van der Waals surface area contributed by atoms with E-state index in [-0.39, 0.29) is 5.41 Å². The lowest BCUT2D eigenvalue weighted by Gasteiger charge is -2.51. The van der Waals surface area contributed by atoms with Gasteiger partial charge < -0.3 is 5.11 Å². The fourth-order valence-electron chi connectivity index (χ4n) is 3.70. The zero-order valence-corrected chi connectivity index (χ0v) is 11.3. The van der Waals surface area contributed by atoms with Crippen molar-refractivity contribution in [2.75, 3.05) is 0 Å². The van der Waals surface area contributed by atoms with Crippen LogP contribution in [0, 0.1) is 23.2 Å². The third-order valence-corrected chi connectivity index (χ3v) is 4.69. The fraction of sp³-hybridized carbons (Fsp3) is 1.00. The van der Waals surface area contributed by atoms with E-state index in [0.717, 1.165) is 0 Å². The Morgan fingerprint density at radius 2 is 1.87 bits per heavy atom. The average Bonchev–Trinajstić information content (AvgIpc) is 2.00. The monoisotopic (exact) mass is 212 g/mol. The second kappa shape index (κ2) is 4.08. The van der Waals surface area contributed by atoms with Gasteiger partial charge in [0.2, 0.25) is 0 Å². The Morgan fingerprint density at radius 3 is 2.27 bits per heavy atom. The molecule has 1 aliphatic carbocycles. The SMILES string of the molecule is CC1CCCC(C)(C)C1C(C)(O)C(C)C. The first-order chi connectivity index (χ1) is 6.69. The highest BCUT2D eigenvalue weighted by Gasteiger charge is 2.48. The van der Waals surface area contributed by atoms with Crippen molar-refractivity contribution in [1.29, 1.82) is 0 Å². The highest BCUT2D eigenvalue weighted by Crippen LogP contribution is 2.50. The summed E-state index contributed by atoms with van der Waals surface area (Å²) >= 11 is 0. The molecule has 1 nitrogen and oxygen atoms in total. The summed E-state index contributed by atoms with van der Waals surface area (Å²) in [5.41, 5.74) is -0.241. The van der Waals surface area contributed by atoms with Gasteiger partial charge in [-0.2, -0.15) is 0 Å². The van der Waals surface area contributed by atoms with E-state index in [1.807, 2.05) is 6.92 Å². The molecule has 1 aliphatic rings. The minimum absolute atomic E-state index is 0.283. The van der Waals surface area contributed by atoms with Crippen LogP contribution in [0.25, 0.3) is 0 Å². The Kier molecular flexibility index (Phi) is 3.55. The molecular formula is C14H28O. The normalized spacial score (nSPS) is 35.2. The van der Waals surface area contributed by atoms with Crippen molar-refractivity contribution in [3.8, 4) is 0 Å². The second-order valence-corrected chi connectivity index (χ2v) is 6.72. The van der Waals surface area contributed by atoms with Crippen molar-refractivity contribution in [3.63, 3.8) is 0 Å². The summed E-state index contributed by atoms with van der Waals surface area (Å²) in [4.78, 5) is 0. The van der Waals surface area contributed by atoms with Gasteiger partial charge in [0, 0.05) is 0 Å². The van der Waals surface area contributed by atoms with Crippen molar-refractivity contribution >= 4 is 0 Å². The van der Waals surface area contributed by atoms with Crippen molar-refractivity contribution < 1.29 is 5.11 Å². The molecule has 0 heterocycles. The lowest BCUT2D eigenvalue weighted by Crippen LogP contribution is -2.51. The van der Waals surface area contributed by atoms with Crippen LogP contribution in [0.3, 0.4) is 0 Å². The summed E-state index contributed by atoms with van der Waals surface area (Å²) in [5, 5.41) is 10.7. The molecule has 3 atom stereocenters. The van der Waals surface area contributed by atoms with Crippen molar-refractivity contribution in [2.24, 2.45) is 23.2 Å². The molecule has 0 saturated heterocycles. The van der Waals surface area contributed by atoms with Gasteiger partial charge in [0.05, 0.1) is 5.60 Å². The summed E-state index contributed by atoms with van der Waals surface area (Å²) < 4.78 is 0. The maximum atomic E-state index is 10.7. The molecular weight excluding hydrogens is 184 g/mol. The minimum Gasteiger partial charge on any atom is -0.390 e. The van der Waals surface area contributed by atoms with Crippen LogP contribution in [-0.2, 0) is 0 Å². The van der Waals surface area contributed by atoms with Crippen molar-refractivity contribution in [2.45, 2.75) is 66.4 Å². The van der Waals surface area contributed by atoms with Gasteiger partial charge in [0.25, 0.3) is 0 Å². The molecule has 0 aliphatic heterocycles. The molecule has 1 saturated carbocycles. The average molecular weight is 212 g/mol. The smallest absolute Gasteiger partial charge is 0.0678 e. The summed E-state index contributed by atoms with van der Waals surface area (Å²) in [6, 6.07) is 0. The van der Waals surface area contributed by atoms with Gasteiger partial charge >= 0.3 is 0 Å². The van der Waals surface area contributed by atoms with E-state index < -0.39 is 5.60 Å². The summed E-state index contributed by atoms with van der Waals surface area (Å²) in [7, 11) is 0. The van der Waals surface area contributed by atoms with Crippen LogP contribution >= 0.6 is 0 Å². The second-order valence-electron chi connectivity index (χ2n) is 6.72. The predicted octanol–water partition coefficient (Wildman–Crippen LogP) is 3.86. The molecule has 1 fully saturated rings. The molecule has 0 aromatic carbocycles. The Bertz CT molecular complexity index is 215. The van der Waals surface area contributed by atoms with Gasteiger partial charge in [-0.25, -0.2) is 0 Å².